The third-order valence-electron chi connectivity index (χ3n) is 5.22. The average Bonchev–Trinajstić information content (AvgIpc) is 2.83. The van der Waals surface area contributed by atoms with Crippen LogP contribution in [0.15, 0.2) is 72.8 Å². The third-order valence-corrected chi connectivity index (χ3v) is 5.22. The fourth-order valence-corrected chi connectivity index (χ4v) is 3.55. The van der Waals surface area contributed by atoms with E-state index in [9.17, 15) is 14.7 Å². The van der Waals surface area contributed by atoms with E-state index in [4.69, 9.17) is 4.74 Å². The molecule has 0 atom stereocenters. The number of ether oxygens (including phenoxy) is 1. The van der Waals surface area contributed by atoms with Crippen LogP contribution in [0.5, 0.6) is 5.75 Å². The van der Waals surface area contributed by atoms with Crippen LogP contribution in [0.2, 0.25) is 0 Å². The van der Waals surface area contributed by atoms with E-state index < -0.39 is 12.0 Å². The number of rotatable bonds is 9. The summed E-state index contributed by atoms with van der Waals surface area (Å²) in [4.78, 5) is 24.7. The van der Waals surface area contributed by atoms with Gasteiger partial charge in [0.2, 0.25) is 0 Å². The van der Waals surface area contributed by atoms with Crippen molar-refractivity contribution in [3.05, 3.63) is 89.5 Å². The van der Waals surface area contributed by atoms with Crippen LogP contribution in [-0.2, 0) is 6.42 Å². The molecule has 176 valence electrons. The van der Waals surface area contributed by atoms with Gasteiger partial charge in [-0.15, -0.1) is 0 Å². The summed E-state index contributed by atoms with van der Waals surface area (Å²) in [5.41, 5.74) is 4.55. The molecular formula is C28H30N2O4. The lowest BCUT2D eigenvalue weighted by Gasteiger charge is -2.19. The van der Waals surface area contributed by atoms with Crippen molar-refractivity contribution in [2.45, 2.75) is 33.6 Å². The Morgan fingerprint density at radius 3 is 2.44 bits per heavy atom. The molecule has 0 unspecified atom stereocenters. The summed E-state index contributed by atoms with van der Waals surface area (Å²) in [6.07, 6.45) is 5.32. The Kier molecular flexibility index (Phi) is 8.46. The molecule has 0 saturated heterocycles. The summed E-state index contributed by atoms with van der Waals surface area (Å²) in [5.74, 6) is -0.431. The summed E-state index contributed by atoms with van der Waals surface area (Å²) < 4.78 is 6.06. The fourth-order valence-electron chi connectivity index (χ4n) is 3.55. The van der Waals surface area contributed by atoms with Gasteiger partial charge in [0.05, 0.1) is 17.9 Å². The van der Waals surface area contributed by atoms with E-state index in [1.165, 1.54) is 0 Å². The first-order valence-corrected chi connectivity index (χ1v) is 11.3. The molecule has 0 fully saturated rings. The molecule has 0 aromatic heterocycles. The number of benzene rings is 3. The van der Waals surface area contributed by atoms with Crippen molar-refractivity contribution < 1.29 is 19.4 Å². The second-order valence-corrected chi connectivity index (χ2v) is 7.93. The summed E-state index contributed by atoms with van der Waals surface area (Å²) in [6, 6.07) is 17.6. The highest BCUT2D eigenvalue weighted by Gasteiger charge is 2.18. The predicted molar refractivity (Wildman–Crippen MR) is 137 cm³/mol. The van der Waals surface area contributed by atoms with Gasteiger partial charge in [-0.3, -0.25) is 0 Å². The van der Waals surface area contributed by atoms with Crippen molar-refractivity contribution in [3.8, 4) is 16.9 Å². The Morgan fingerprint density at radius 2 is 1.76 bits per heavy atom. The molecule has 0 radical (unpaired) electrons. The zero-order valence-corrected chi connectivity index (χ0v) is 19.7. The molecule has 2 amide bonds. The van der Waals surface area contributed by atoms with Gasteiger partial charge in [0.25, 0.3) is 0 Å². The third kappa shape index (κ3) is 6.25. The van der Waals surface area contributed by atoms with E-state index in [1.54, 1.807) is 30.3 Å². The predicted octanol–water partition coefficient (Wildman–Crippen LogP) is 6.91. The Hall–Kier alpha value is -4.06. The minimum atomic E-state index is -1.01. The molecule has 6 heteroatoms. The molecule has 0 aliphatic heterocycles. The molecular weight excluding hydrogens is 428 g/mol. The van der Waals surface area contributed by atoms with E-state index in [0.717, 1.165) is 17.5 Å². The van der Waals surface area contributed by atoms with Crippen LogP contribution in [0.1, 0.15) is 41.8 Å². The first-order chi connectivity index (χ1) is 16.4. The monoisotopic (exact) mass is 458 g/mol. The van der Waals surface area contributed by atoms with Gasteiger partial charge in [0, 0.05) is 11.3 Å². The maximum Gasteiger partial charge on any atom is 0.336 e. The maximum atomic E-state index is 12.9. The Morgan fingerprint density at radius 1 is 1.03 bits per heavy atom. The van der Waals surface area contributed by atoms with Crippen molar-refractivity contribution in [2.24, 2.45) is 0 Å². The molecule has 0 heterocycles. The normalized spacial score (nSPS) is 10.8. The van der Waals surface area contributed by atoms with Crippen LogP contribution in [0.25, 0.3) is 11.1 Å². The largest absolute Gasteiger partial charge is 0.491 e. The average molecular weight is 459 g/mol. The molecule has 0 saturated carbocycles. The van der Waals surface area contributed by atoms with Crippen LogP contribution in [0.3, 0.4) is 0 Å². The van der Waals surface area contributed by atoms with Gasteiger partial charge in [-0.25, -0.2) is 9.59 Å². The highest BCUT2D eigenvalue weighted by Crippen LogP contribution is 2.37. The number of amides is 2. The quantitative estimate of drug-likeness (QED) is 0.304. The highest BCUT2D eigenvalue weighted by atomic mass is 16.5. The molecule has 0 aliphatic rings. The number of carbonyl (C=O) groups is 2. The number of hydrogen-bond donors (Lipinski definition) is 3. The molecule has 3 aromatic carbocycles. The zero-order valence-electron chi connectivity index (χ0n) is 19.7. The van der Waals surface area contributed by atoms with Gasteiger partial charge in [-0.2, -0.15) is 0 Å². The Balaban J connectivity index is 2.07. The van der Waals surface area contributed by atoms with Crippen LogP contribution in [-0.4, -0.2) is 23.7 Å². The van der Waals surface area contributed by atoms with Crippen molar-refractivity contribution in [2.75, 3.05) is 17.2 Å². The van der Waals surface area contributed by atoms with Crippen molar-refractivity contribution in [3.63, 3.8) is 0 Å². The highest BCUT2D eigenvalue weighted by molar-refractivity contribution is 6.02. The molecule has 0 spiro atoms. The minimum Gasteiger partial charge on any atom is -0.491 e. The standard InChI is InChI=1S/C28H30N2O4/c1-4-6-9-20-17-21(23-10-7-8-11-24(23)27(31)32)18-25(26(20)34-16-5-2)30-28(33)29-22-14-12-19(3)13-15-22/h4,6-8,10-15,17-18H,5,9,16H2,1-3H3,(H,31,32)(H2,29,30,33). The second kappa shape index (κ2) is 11.7. The summed E-state index contributed by atoms with van der Waals surface area (Å²) in [5, 5.41) is 15.4. The topological polar surface area (TPSA) is 87.7 Å². The van der Waals surface area contributed by atoms with Gasteiger partial charge in [-0.05, 0) is 68.1 Å². The van der Waals surface area contributed by atoms with E-state index in [-0.39, 0.29) is 5.56 Å². The van der Waals surface area contributed by atoms with Crippen LogP contribution in [0, 0.1) is 6.92 Å². The molecule has 3 N–H and O–H groups in total. The fraction of sp³-hybridized carbons (Fsp3) is 0.214. The number of nitrogens with one attached hydrogen (secondary N) is 2. The lowest BCUT2D eigenvalue weighted by molar-refractivity contribution is 0.0697. The van der Waals surface area contributed by atoms with Gasteiger partial charge in [0.15, 0.2) is 0 Å². The molecule has 3 aromatic rings. The van der Waals surface area contributed by atoms with Crippen LogP contribution < -0.4 is 15.4 Å². The van der Waals surface area contributed by atoms with Crippen molar-refractivity contribution in [1.82, 2.24) is 0 Å². The van der Waals surface area contributed by atoms with E-state index >= 15 is 0 Å². The van der Waals surface area contributed by atoms with Crippen molar-refractivity contribution >= 4 is 23.4 Å². The number of allylic oxidation sites excluding steroid dienone is 2. The Labute approximate surface area is 200 Å². The van der Waals surface area contributed by atoms with Gasteiger partial charge in [-0.1, -0.05) is 55.0 Å². The number of urea groups is 1. The van der Waals surface area contributed by atoms with Crippen molar-refractivity contribution in [1.29, 1.82) is 0 Å². The summed E-state index contributed by atoms with van der Waals surface area (Å²) in [7, 11) is 0. The first-order valence-electron chi connectivity index (χ1n) is 11.3. The smallest absolute Gasteiger partial charge is 0.336 e. The second-order valence-electron chi connectivity index (χ2n) is 7.93. The summed E-state index contributed by atoms with van der Waals surface area (Å²) >= 11 is 0. The van der Waals surface area contributed by atoms with Gasteiger partial charge in [0.1, 0.15) is 5.75 Å². The number of carboxylic acid groups (broad SMARTS) is 1. The number of hydrogen-bond acceptors (Lipinski definition) is 3. The SMILES string of the molecule is CC=CCc1cc(-c2ccccc2C(=O)O)cc(NC(=O)Nc2ccc(C)cc2)c1OCCC. The van der Waals surface area contributed by atoms with E-state index in [0.29, 0.717) is 41.3 Å². The maximum absolute atomic E-state index is 12.9. The lowest BCUT2D eigenvalue weighted by Crippen LogP contribution is -2.20. The first kappa shape index (κ1) is 24.6. The Bertz CT molecular complexity index is 1180. The number of anilines is 2. The zero-order chi connectivity index (χ0) is 24.5. The molecule has 3 rings (SSSR count). The number of carboxylic acids is 1. The van der Waals surface area contributed by atoms with Crippen LogP contribution >= 0.6 is 0 Å². The molecule has 0 bridgehead atoms. The lowest BCUT2D eigenvalue weighted by atomic mass is 9.95. The number of aryl methyl sites for hydroxylation is 1. The minimum absolute atomic E-state index is 0.191. The van der Waals surface area contributed by atoms with E-state index in [2.05, 4.69) is 10.6 Å². The molecule has 6 nitrogen and oxygen atoms in total. The number of aromatic carboxylic acids is 1. The molecule has 0 aliphatic carbocycles. The molecule has 34 heavy (non-hydrogen) atoms. The number of carbonyl (C=O) groups excluding carboxylic acids is 1. The van der Waals surface area contributed by atoms with Crippen LogP contribution in [0.4, 0.5) is 16.2 Å². The van der Waals surface area contributed by atoms with Gasteiger partial charge < -0.3 is 20.5 Å². The summed E-state index contributed by atoms with van der Waals surface area (Å²) in [6.45, 7) is 6.42. The van der Waals surface area contributed by atoms with E-state index in [1.807, 2.05) is 63.3 Å². The van der Waals surface area contributed by atoms with Gasteiger partial charge >= 0.3 is 12.0 Å².